The zero-order valence-electron chi connectivity index (χ0n) is 9.08. The molecule has 0 aliphatic heterocycles. The number of esters is 1. The van der Waals surface area contributed by atoms with Crippen molar-refractivity contribution in [3.05, 3.63) is 35.3 Å². The number of carbonyl (C=O) groups is 1. The summed E-state index contributed by atoms with van der Waals surface area (Å²) in [5.41, 5.74) is 0.593. The third-order valence-corrected chi connectivity index (χ3v) is 2.34. The van der Waals surface area contributed by atoms with E-state index in [0.29, 0.717) is 11.1 Å². The number of aromatic nitrogens is 1. The van der Waals surface area contributed by atoms with E-state index in [9.17, 15) is 9.18 Å². The van der Waals surface area contributed by atoms with E-state index in [4.69, 9.17) is 10.00 Å². The van der Waals surface area contributed by atoms with Crippen molar-refractivity contribution in [2.75, 3.05) is 6.61 Å². The van der Waals surface area contributed by atoms with Crippen LogP contribution in [0.3, 0.4) is 0 Å². The summed E-state index contributed by atoms with van der Waals surface area (Å²) in [7, 11) is 0. The molecule has 2 rings (SSSR count). The molecule has 0 unspecified atom stereocenters. The Morgan fingerprint density at radius 2 is 2.35 bits per heavy atom. The Morgan fingerprint density at radius 1 is 1.59 bits per heavy atom. The number of nitriles is 1. The Bertz CT molecular complexity index is 625. The molecule has 17 heavy (non-hydrogen) atoms. The van der Waals surface area contributed by atoms with Crippen LogP contribution in [0.2, 0.25) is 0 Å². The minimum Gasteiger partial charge on any atom is -0.461 e. The van der Waals surface area contributed by atoms with E-state index in [2.05, 4.69) is 4.98 Å². The van der Waals surface area contributed by atoms with Crippen molar-refractivity contribution in [3.63, 3.8) is 0 Å². The minimum atomic E-state index is -0.736. The zero-order valence-corrected chi connectivity index (χ0v) is 9.08. The lowest BCUT2D eigenvalue weighted by atomic mass is 10.2. The third kappa shape index (κ3) is 1.85. The number of H-pyrrole nitrogens is 1. The number of rotatable bonds is 2. The van der Waals surface area contributed by atoms with Gasteiger partial charge in [-0.25, -0.2) is 9.18 Å². The highest BCUT2D eigenvalue weighted by molar-refractivity contribution is 5.95. The zero-order chi connectivity index (χ0) is 12.4. The van der Waals surface area contributed by atoms with Crippen LogP contribution in [0.25, 0.3) is 10.9 Å². The Hall–Kier alpha value is -2.35. The Kier molecular flexibility index (Phi) is 2.79. The summed E-state index contributed by atoms with van der Waals surface area (Å²) < 4.78 is 18.5. The Balaban J connectivity index is 2.57. The largest absolute Gasteiger partial charge is 0.461 e. The number of carbonyl (C=O) groups excluding carboxylic acids is 1. The average Bonchev–Trinajstić information content (AvgIpc) is 2.66. The molecule has 0 saturated heterocycles. The number of aromatic amines is 1. The fourth-order valence-electron chi connectivity index (χ4n) is 1.58. The first kappa shape index (κ1) is 11.1. The summed E-state index contributed by atoms with van der Waals surface area (Å²) in [4.78, 5) is 14.1. The molecule has 2 aromatic rings. The number of nitrogens with zero attached hydrogens (tertiary/aromatic N) is 1. The highest BCUT2D eigenvalue weighted by Crippen LogP contribution is 2.22. The second-order valence-electron chi connectivity index (χ2n) is 3.41. The van der Waals surface area contributed by atoms with Crippen molar-refractivity contribution in [2.24, 2.45) is 0 Å². The lowest BCUT2D eigenvalue weighted by molar-refractivity contribution is 0.0515. The molecule has 0 amide bonds. The molecule has 4 nitrogen and oxygen atoms in total. The van der Waals surface area contributed by atoms with Crippen LogP contribution in [0.15, 0.2) is 18.2 Å². The molecule has 0 aliphatic carbocycles. The van der Waals surface area contributed by atoms with E-state index in [0.717, 1.165) is 0 Å². The van der Waals surface area contributed by atoms with Crippen LogP contribution >= 0.6 is 0 Å². The van der Waals surface area contributed by atoms with E-state index >= 15 is 0 Å². The number of benzene rings is 1. The number of ether oxygens (including phenoxy) is 1. The maximum Gasteiger partial charge on any atom is 0.357 e. The standard InChI is InChI=1S/C12H9FN2O2/c1-2-17-12(16)11-10(13)8-4-3-7(6-14)5-9(8)15-11/h3-5,15H,2H2,1H3. The maximum atomic E-state index is 13.8. The van der Waals surface area contributed by atoms with Gasteiger partial charge in [0, 0.05) is 5.39 Å². The molecular formula is C12H9FN2O2. The predicted molar refractivity (Wildman–Crippen MR) is 58.9 cm³/mol. The van der Waals surface area contributed by atoms with Gasteiger partial charge < -0.3 is 9.72 Å². The lowest BCUT2D eigenvalue weighted by Crippen LogP contribution is -2.06. The highest BCUT2D eigenvalue weighted by Gasteiger charge is 2.18. The third-order valence-electron chi connectivity index (χ3n) is 2.34. The summed E-state index contributed by atoms with van der Waals surface area (Å²) >= 11 is 0. The summed E-state index contributed by atoms with van der Waals surface area (Å²) in [5, 5.41) is 8.99. The van der Waals surface area contributed by atoms with Gasteiger partial charge in [0.25, 0.3) is 0 Å². The molecule has 0 saturated carbocycles. The van der Waals surface area contributed by atoms with Crippen LogP contribution in [0.4, 0.5) is 4.39 Å². The summed E-state index contributed by atoms with van der Waals surface area (Å²) in [6.07, 6.45) is 0. The Labute approximate surface area is 96.6 Å². The number of halogens is 1. The van der Waals surface area contributed by atoms with Crippen molar-refractivity contribution in [1.29, 1.82) is 5.26 Å². The summed E-state index contributed by atoms with van der Waals surface area (Å²) in [6.45, 7) is 1.82. The molecule has 5 heteroatoms. The number of nitrogens with one attached hydrogen (secondary N) is 1. The van der Waals surface area contributed by atoms with Crippen LogP contribution in [-0.2, 0) is 4.74 Å². The summed E-state index contributed by atoms with van der Waals surface area (Å²) in [5.74, 6) is -1.39. The molecule has 0 atom stereocenters. The SMILES string of the molecule is CCOC(=O)c1[nH]c2cc(C#N)ccc2c1F. The molecule has 1 aromatic carbocycles. The van der Waals surface area contributed by atoms with Gasteiger partial charge in [-0.3, -0.25) is 0 Å². The van der Waals surface area contributed by atoms with Crippen molar-refractivity contribution in [3.8, 4) is 6.07 Å². The fourth-order valence-corrected chi connectivity index (χ4v) is 1.58. The van der Waals surface area contributed by atoms with E-state index in [1.54, 1.807) is 6.92 Å². The topological polar surface area (TPSA) is 65.9 Å². The first-order chi connectivity index (χ1) is 8.17. The molecule has 0 aliphatic rings. The first-order valence-electron chi connectivity index (χ1n) is 5.05. The van der Waals surface area contributed by atoms with Crippen molar-refractivity contribution in [2.45, 2.75) is 6.92 Å². The molecule has 0 radical (unpaired) electrons. The highest BCUT2D eigenvalue weighted by atomic mass is 19.1. The monoisotopic (exact) mass is 232 g/mol. The maximum absolute atomic E-state index is 13.8. The number of fused-ring (bicyclic) bond motifs is 1. The Morgan fingerprint density at radius 3 is 3.00 bits per heavy atom. The smallest absolute Gasteiger partial charge is 0.357 e. The average molecular weight is 232 g/mol. The minimum absolute atomic E-state index is 0.178. The van der Waals surface area contributed by atoms with Gasteiger partial charge in [-0.05, 0) is 25.1 Å². The molecule has 0 bridgehead atoms. The van der Waals surface area contributed by atoms with E-state index in [1.807, 2.05) is 6.07 Å². The summed E-state index contributed by atoms with van der Waals surface area (Å²) in [6, 6.07) is 6.39. The fraction of sp³-hybridized carbons (Fsp3) is 0.167. The van der Waals surface area contributed by atoms with Gasteiger partial charge >= 0.3 is 5.97 Å². The van der Waals surface area contributed by atoms with Crippen molar-refractivity contribution < 1.29 is 13.9 Å². The molecule has 0 fully saturated rings. The first-order valence-corrected chi connectivity index (χ1v) is 5.05. The molecule has 86 valence electrons. The van der Waals surface area contributed by atoms with Gasteiger partial charge in [0.2, 0.25) is 0 Å². The van der Waals surface area contributed by atoms with Crippen molar-refractivity contribution >= 4 is 16.9 Å². The quantitative estimate of drug-likeness (QED) is 0.808. The second kappa shape index (κ2) is 4.26. The van der Waals surface area contributed by atoms with Gasteiger partial charge in [-0.15, -0.1) is 0 Å². The van der Waals surface area contributed by atoms with Gasteiger partial charge in [0.05, 0.1) is 23.8 Å². The lowest BCUT2D eigenvalue weighted by Gasteiger charge is -1.97. The van der Waals surface area contributed by atoms with E-state index in [-0.39, 0.29) is 17.7 Å². The predicted octanol–water partition coefficient (Wildman–Crippen LogP) is 2.36. The van der Waals surface area contributed by atoms with Crippen LogP contribution in [-0.4, -0.2) is 17.6 Å². The van der Waals surface area contributed by atoms with Gasteiger partial charge in [-0.1, -0.05) is 0 Å². The van der Waals surface area contributed by atoms with Gasteiger partial charge in [0.15, 0.2) is 11.5 Å². The number of hydrogen-bond acceptors (Lipinski definition) is 3. The molecule has 1 N–H and O–H groups in total. The number of hydrogen-bond donors (Lipinski definition) is 1. The molecule has 1 aromatic heterocycles. The normalized spacial score (nSPS) is 10.2. The molecule has 1 heterocycles. The van der Waals surface area contributed by atoms with Crippen LogP contribution in [0.5, 0.6) is 0 Å². The van der Waals surface area contributed by atoms with Gasteiger partial charge in [0.1, 0.15) is 0 Å². The van der Waals surface area contributed by atoms with Crippen LogP contribution < -0.4 is 0 Å². The molecular weight excluding hydrogens is 223 g/mol. The second-order valence-corrected chi connectivity index (χ2v) is 3.41. The van der Waals surface area contributed by atoms with Gasteiger partial charge in [-0.2, -0.15) is 5.26 Å². The molecule has 0 spiro atoms. The van der Waals surface area contributed by atoms with E-state index in [1.165, 1.54) is 18.2 Å². The van der Waals surface area contributed by atoms with Crippen LogP contribution in [0.1, 0.15) is 23.0 Å². The van der Waals surface area contributed by atoms with Crippen molar-refractivity contribution in [1.82, 2.24) is 4.98 Å². The van der Waals surface area contributed by atoms with E-state index < -0.39 is 11.8 Å². The van der Waals surface area contributed by atoms with Crippen LogP contribution in [0, 0.1) is 17.1 Å².